The summed E-state index contributed by atoms with van der Waals surface area (Å²) in [5.41, 5.74) is 11.1. The number of thioether (sulfide) groups is 2. The Labute approximate surface area is 172 Å². The molecule has 2 rings (SSSR count). The predicted octanol–water partition coefficient (Wildman–Crippen LogP) is 0.985. The molecule has 15 heteroatoms. The van der Waals surface area contributed by atoms with Crippen LogP contribution in [-0.4, -0.2) is 62.3 Å². The summed E-state index contributed by atoms with van der Waals surface area (Å²) in [5, 5.41) is 31.8. The van der Waals surface area contributed by atoms with Crippen molar-refractivity contribution in [2.24, 2.45) is 4.99 Å². The molecule has 0 aliphatic carbocycles. The zero-order chi connectivity index (χ0) is 19.5. The molecule has 0 saturated heterocycles. The van der Waals surface area contributed by atoms with Gasteiger partial charge in [0.25, 0.3) is 6.54 Å². The number of nitrogens with one attached hydrogen (secondary N) is 1. The lowest BCUT2D eigenvalue weighted by Crippen LogP contribution is -2.32. The van der Waals surface area contributed by atoms with Crippen molar-refractivity contribution in [1.82, 2.24) is 25.7 Å². The minimum atomic E-state index is -0.389. The lowest BCUT2D eigenvalue weighted by Gasteiger charge is -2.06. The van der Waals surface area contributed by atoms with Crippen LogP contribution >= 0.6 is 46.2 Å². The topological polar surface area (TPSA) is 171 Å². The molecule has 0 amide bonds. The molecule has 0 fully saturated rings. The van der Waals surface area contributed by atoms with Crippen LogP contribution in [0.25, 0.3) is 0 Å². The summed E-state index contributed by atoms with van der Waals surface area (Å²) >= 11 is 6.00. The van der Waals surface area contributed by atoms with E-state index in [1.165, 1.54) is 22.7 Å². The van der Waals surface area contributed by atoms with Gasteiger partial charge >= 0.3 is 0 Å². The molecule has 0 aromatic carbocycles. The van der Waals surface area contributed by atoms with Crippen LogP contribution in [-0.2, 0) is 11.5 Å². The van der Waals surface area contributed by atoms with Crippen LogP contribution < -0.4 is 16.8 Å². The van der Waals surface area contributed by atoms with Gasteiger partial charge in [-0.05, 0) is 0 Å². The first-order valence-electron chi connectivity index (χ1n) is 7.73. The van der Waals surface area contributed by atoms with Gasteiger partial charge in [-0.1, -0.05) is 22.7 Å². The van der Waals surface area contributed by atoms with Gasteiger partial charge in [-0.25, -0.2) is 0 Å². The fourth-order valence-electron chi connectivity index (χ4n) is 1.77. The summed E-state index contributed by atoms with van der Waals surface area (Å²) in [7, 11) is 0. The van der Waals surface area contributed by atoms with Gasteiger partial charge in [-0.2, -0.15) is 23.5 Å². The number of aliphatic imine (C=N–C) groups is 1. The Hall–Kier alpha value is -1.71. The molecule has 0 unspecified atom stereocenters. The number of nitro groups is 1. The minimum Gasteiger partial charge on any atom is -0.374 e. The molecular weight excluding hydrogens is 430 g/mol. The highest BCUT2D eigenvalue weighted by Gasteiger charge is 2.07. The van der Waals surface area contributed by atoms with Crippen LogP contribution in [0.1, 0.15) is 10.0 Å². The number of anilines is 2. The first-order valence-corrected chi connectivity index (χ1v) is 11.7. The molecule has 0 bridgehead atoms. The number of aromatic nitrogens is 4. The first kappa shape index (κ1) is 21.6. The van der Waals surface area contributed by atoms with E-state index < -0.39 is 0 Å². The third kappa shape index (κ3) is 9.16. The molecular formula is C12H19N9O2S4. The van der Waals surface area contributed by atoms with Crippen molar-refractivity contribution in [1.29, 1.82) is 0 Å². The molecule has 0 atom stereocenters. The molecule has 11 nitrogen and oxygen atoms in total. The molecule has 0 radical (unpaired) electrons. The molecule has 2 aromatic heterocycles. The molecule has 148 valence electrons. The molecule has 2 heterocycles. The Bertz CT molecular complexity index is 751. The summed E-state index contributed by atoms with van der Waals surface area (Å²) in [6.45, 7) is 0.768. The van der Waals surface area contributed by atoms with Gasteiger partial charge < -0.3 is 16.8 Å². The van der Waals surface area contributed by atoms with Crippen LogP contribution in [0.4, 0.5) is 10.3 Å². The van der Waals surface area contributed by atoms with Crippen molar-refractivity contribution in [3.8, 4) is 0 Å². The van der Waals surface area contributed by atoms with Gasteiger partial charge in [0.15, 0.2) is 5.84 Å². The van der Waals surface area contributed by atoms with E-state index in [-0.39, 0.29) is 11.5 Å². The summed E-state index contributed by atoms with van der Waals surface area (Å²) in [6, 6.07) is 0. The molecule has 0 spiro atoms. The molecule has 5 N–H and O–H groups in total. The lowest BCUT2D eigenvalue weighted by molar-refractivity contribution is -0.463. The minimum absolute atomic E-state index is 0.310. The zero-order valence-electron chi connectivity index (χ0n) is 14.2. The molecule has 0 aliphatic rings. The van der Waals surface area contributed by atoms with Crippen molar-refractivity contribution in [3.63, 3.8) is 0 Å². The average Bonchev–Trinajstić information content (AvgIpc) is 3.21. The van der Waals surface area contributed by atoms with E-state index >= 15 is 0 Å². The molecule has 27 heavy (non-hydrogen) atoms. The SMILES string of the molecule is Nc1nnc(CSCCN=C(C[N+](=O)[O-])NCCSCc2nnc(N)s2)s1. The van der Waals surface area contributed by atoms with E-state index in [4.69, 9.17) is 11.5 Å². The number of amidine groups is 1. The van der Waals surface area contributed by atoms with Gasteiger partial charge in [-0.15, -0.1) is 20.4 Å². The van der Waals surface area contributed by atoms with Crippen molar-refractivity contribution < 1.29 is 4.92 Å². The Morgan fingerprint density at radius 1 is 1.07 bits per heavy atom. The largest absolute Gasteiger partial charge is 0.374 e. The normalized spacial score (nSPS) is 11.6. The summed E-state index contributed by atoms with van der Waals surface area (Å²) in [5.74, 6) is 3.31. The van der Waals surface area contributed by atoms with Gasteiger partial charge in [0.1, 0.15) is 10.0 Å². The van der Waals surface area contributed by atoms with Crippen molar-refractivity contribution in [2.75, 3.05) is 42.6 Å². The van der Waals surface area contributed by atoms with E-state index in [0.29, 0.717) is 40.7 Å². The number of hydrogen-bond donors (Lipinski definition) is 3. The second-order valence-corrected chi connectivity index (χ2v) is 9.32. The molecule has 0 aliphatic heterocycles. The van der Waals surface area contributed by atoms with Crippen LogP contribution in [0.5, 0.6) is 0 Å². The number of hydrogen-bond acceptors (Lipinski definition) is 13. The molecule has 2 aromatic rings. The fourth-order valence-corrected chi connectivity index (χ4v) is 4.77. The number of nitrogen functional groups attached to an aromatic ring is 2. The molecule has 0 saturated carbocycles. The average molecular weight is 450 g/mol. The van der Waals surface area contributed by atoms with Crippen LogP contribution in [0.3, 0.4) is 0 Å². The highest BCUT2D eigenvalue weighted by molar-refractivity contribution is 7.98. The highest BCUT2D eigenvalue weighted by Crippen LogP contribution is 2.18. The Morgan fingerprint density at radius 3 is 2.19 bits per heavy atom. The van der Waals surface area contributed by atoms with Crippen LogP contribution in [0, 0.1) is 10.1 Å². The van der Waals surface area contributed by atoms with E-state index in [1.807, 2.05) is 0 Å². The highest BCUT2D eigenvalue weighted by atomic mass is 32.2. The second-order valence-electron chi connectivity index (χ2n) is 4.92. The Kier molecular flexibility index (Phi) is 9.51. The Balaban J connectivity index is 1.63. The third-order valence-electron chi connectivity index (χ3n) is 2.81. The number of rotatable bonds is 12. The Morgan fingerprint density at radius 2 is 1.67 bits per heavy atom. The van der Waals surface area contributed by atoms with Crippen LogP contribution in [0.2, 0.25) is 0 Å². The van der Waals surface area contributed by atoms with Gasteiger partial charge in [-0.3, -0.25) is 15.1 Å². The van der Waals surface area contributed by atoms with E-state index in [1.54, 1.807) is 23.5 Å². The fraction of sp³-hybridized carbons (Fsp3) is 0.583. The monoisotopic (exact) mass is 449 g/mol. The van der Waals surface area contributed by atoms with Crippen molar-refractivity contribution >= 4 is 62.3 Å². The van der Waals surface area contributed by atoms with Crippen molar-refractivity contribution in [2.45, 2.75) is 11.5 Å². The van der Waals surface area contributed by atoms with Gasteiger partial charge in [0.2, 0.25) is 10.3 Å². The smallest absolute Gasteiger partial charge is 0.259 e. The number of nitrogens with two attached hydrogens (primary N) is 2. The maximum absolute atomic E-state index is 10.8. The van der Waals surface area contributed by atoms with E-state index in [0.717, 1.165) is 21.5 Å². The summed E-state index contributed by atoms with van der Waals surface area (Å²) in [6.07, 6.45) is 0. The lowest BCUT2D eigenvalue weighted by atomic mass is 10.5. The van der Waals surface area contributed by atoms with Gasteiger partial charge in [0.05, 0.1) is 6.54 Å². The van der Waals surface area contributed by atoms with E-state index in [9.17, 15) is 10.1 Å². The third-order valence-corrected chi connectivity index (χ3v) is 6.60. The van der Waals surface area contributed by atoms with Crippen LogP contribution in [0.15, 0.2) is 4.99 Å². The van der Waals surface area contributed by atoms with E-state index in [2.05, 4.69) is 30.7 Å². The van der Waals surface area contributed by atoms with Gasteiger partial charge in [0, 0.05) is 34.5 Å². The number of nitrogens with zero attached hydrogens (tertiary/aromatic N) is 6. The predicted molar refractivity (Wildman–Crippen MR) is 113 cm³/mol. The summed E-state index contributed by atoms with van der Waals surface area (Å²) < 4.78 is 0. The zero-order valence-corrected chi connectivity index (χ0v) is 17.5. The maximum Gasteiger partial charge on any atom is 0.259 e. The first-order chi connectivity index (χ1) is 13.0. The maximum atomic E-state index is 10.8. The van der Waals surface area contributed by atoms with Crippen molar-refractivity contribution in [3.05, 3.63) is 20.1 Å². The standard InChI is InChI=1S/C12H19N9O2S4/c13-11-19-17-9(26-11)6-24-3-1-15-8(5-21(22)23)16-2-4-25-7-10-18-20-12(14)27-10/h1-7H2,(H2,13,19)(H2,14,20)(H,15,16). The quantitative estimate of drug-likeness (QED) is 0.139. The second kappa shape index (κ2) is 11.9. The summed E-state index contributed by atoms with van der Waals surface area (Å²) in [4.78, 5) is 14.7.